The van der Waals surface area contributed by atoms with Gasteiger partial charge in [-0.3, -0.25) is 4.79 Å². The Bertz CT molecular complexity index is 230. The zero-order chi connectivity index (χ0) is 11.5. The minimum Gasteiger partial charge on any atom is -0.342 e. The van der Waals surface area contributed by atoms with Crippen LogP contribution in [-0.2, 0) is 4.79 Å². The van der Waals surface area contributed by atoms with Gasteiger partial charge in [0.1, 0.15) is 0 Å². The minimum atomic E-state index is -2.69. The first-order valence-corrected chi connectivity index (χ1v) is 5.70. The van der Waals surface area contributed by atoms with Crippen molar-refractivity contribution >= 4 is 17.5 Å². The van der Waals surface area contributed by atoms with Gasteiger partial charge in [0.15, 0.2) is 0 Å². The smallest absolute Gasteiger partial charge is 0.249 e. The number of carbonyl (C=O) groups is 1. The predicted molar refractivity (Wildman–Crippen MR) is 55.3 cm³/mol. The fraction of sp³-hybridized carbons (Fsp3) is 0.900. The van der Waals surface area contributed by atoms with Crippen LogP contribution in [0.1, 0.15) is 26.2 Å². The molecule has 1 aliphatic heterocycles. The molecule has 0 aromatic carbocycles. The van der Waals surface area contributed by atoms with Gasteiger partial charge in [-0.05, 0) is 19.8 Å². The molecule has 0 N–H and O–H groups in total. The van der Waals surface area contributed by atoms with E-state index in [-0.39, 0.29) is 24.8 Å². The molecule has 15 heavy (non-hydrogen) atoms. The third kappa shape index (κ3) is 3.59. The van der Waals surface area contributed by atoms with E-state index in [1.165, 1.54) is 4.90 Å². The molecule has 1 rings (SSSR count). The van der Waals surface area contributed by atoms with Gasteiger partial charge in [0.2, 0.25) is 11.8 Å². The van der Waals surface area contributed by atoms with Crippen molar-refractivity contribution in [2.45, 2.75) is 32.1 Å². The van der Waals surface area contributed by atoms with E-state index < -0.39 is 11.8 Å². The largest absolute Gasteiger partial charge is 0.342 e. The number of hydrogen-bond donors (Lipinski definition) is 0. The first kappa shape index (κ1) is 12.7. The van der Waals surface area contributed by atoms with Crippen molar-refractivity contribution in [2.75, 3.05) is 19.0 Å². The van der Waals surface area contributed by atoms with Crippen LogP contribution in [0.4, 0.5) is 8.78 Å². The molecule has 0 aromatic rings. The predicted octanol–water partition coefficient (Wildman–Crippen LogP) is 2.51. The summed E-state index contributed by atoms with van der Waals surface area (Å²) in [6.45, 7) is 1.68. The molecule has 1 fully saturated rings. The summed E-state index contributed by atoms with van der Waals surface area (Å²) in [5.41, 5.74) is 0. The van der Waals surface area contributed by atoms with Gasteiger partial charge in [0.05, 0.1) is 0 Å². The summed E-state index contributed by atoms with van der Waals surface area (Å²) in [4.78, 5) is 13.0. The molecular formula is C10H16ClF2NO. The van der Waals surface area contributed by atoms with E-state index in [0.717, 1.165) is 6.92 Å². The van der Waals surface area contributed by atoms with E-state index in [1.807, 2.05) is 0 Å². The minimum absolute atomic E-state index is 0.112. The lowest BCUT2D eigenvalue weighted by Gasteiger charge is -2.35. The third-order valence-electron chi connectivity index (χ3n) is 2.80. The number of amides is 1. The Morgan fingerprint density at radius 1 is 1.60 bits per heavy atom. The number of likely N-dealkylation sites (tertiary alicyclic amines) is 1. The number of halogens is 3. The van der Waals surface area contributed by atoms with Crippen LogP contribution < -0.4 is 0 Å². The van der Waals surface area contributed by atoms with Gasteiger partial charge in [0.25, 0.3) is 0 Å². The number of alkyl halides is 3. The molecule has 0 aromatic heterocycles. The average molecular weight is 240 g/mol. The lowest BCUT2D eigenvalue weighted by Crippen LogP contribution is -2.45. The molecule has 1 amide bonds. The highest BCUT2D eigenvalue weighted by molar-refractivity contribution is 6.18. The van der Waals surface area contributed by atoms with Crippen LogP contribution in [-0.4, -0.2) is 35.7 Å². The van der Waals surface area contributed by atoms with Crippen molar-refractivity contribution in [1.29, 1.82) is 0 Å². The van der Waals surface area contributed by atoms with Crippen LogP contribution in [0.3, 0.4) is 0 Å². The molecule has 2 nitrogen and oxygen atoms in total. The Morgan fingerprint density at radius 3 is 2.80 bits per heavy atom. The maximum atomic E-state index is 13.1. The van der Waals surface area contributed by atoms with Gasteiger partial charge in [-0.15, -0.1) is 11.6 Å². The molecule has 0 bridgehead atoms. The lowest BCUT2D eigenvalue weighted by atomic mass is 9.92. The molecule has 1 saturated heterocycles. The molecule has 1 aliphatic rings. The average Bonchev–Trinajstić information content (AvgIpc) is 2.17. The Labute approximate surface area is 93.6 Å². The second kappa shape index (κ2) is 5.10. The van der Waals surface area contributed by atoms with Crippen LogP contribution >= 0.6 is 11.6 Å². The zero-order valence-corrected chi connectivity index (χ0v) is 9.57. The molecule has 88 valence electrons. The number of piperidine rings is 1. The molecular weight excluding hydrogens is 224 g/mol. The zero-order valence-electron chi connectivity index (χ0n) is 8.81. The summed E-state index contributed by atoms with van der Waals surface area (Å²) in [5, 5.41) is 0. The van der Waals surface area contributed by atoms with Gasteiger partial charge >= 0.3 is 0 Å². The summed E-state index contributed by atoms with van der Waals surface area (Å²) in [6, 6.07) is 0. The van der Waals surface area contributed by atoms with Crippen molar-refractivity contribution in [3.05, 3.63) is 0 Å². The number of carbonyl (C=O) groups excluding carboxylic acids is 1. The van der Waals surface area contributed by atoms with Crippen molar-refractivity contribution in [3.8, 4) is 0 Å². The topological polar surface area (TPSA) is 20.3 Å². The lowest BCUT2D eigenvalue weighted by molar-refractivity contribution is -0.136. The van der Waals surface area contributed by atoms with E-state index in [0.29, 0.717) is 19.4 Å². The van der Waals surface area contributed by atoms with Gasteiger partial charge in [-0.25, -0.2) is 8.78 Å². The summed E-state index contributed by atoms with van der Waals surface area (Å²) in [6.07, 6.45) is 1.39. The Morgan fingerprint density at radius 2 is 2.27 bits per heavy atom. The monoisotopic (exact) mass is 239 g/mol. The normalized spacial score (nSPS) is 22.9. The number of nitrogens with zero attached hydrogens (tertiary/aromatic N) is 1. The molecule has 0 aliphatic carbocycles. The summed E-state index contributed by atoms with van der Waals surface area (Å²) >= 11 is 5.45. The highest BCUT2D eigenvalue weighted by Crippen LogP contribution is 2.31. The van der Waals surface area contributed by atoms with E-state index in [1.54, 1.807) is 0 Å². The van der Waals surface area contributed by atoms with E-state index in [9.17, 15) is 13.6 Å². The Balaban J connectivity index is 2.52. The van der Waals surface area contributed by atoms with Crippen molar-refractivity contribution < 1.29 is 13.6 Å². The van der Waals surface area contributed by atoms with Gasteiger partial charge in [-0.2, -0.15) is 0 Å². The van der Waals surface area contributed by atoms with Gasteiger partial charge in [0, 0.05) is 31.3 Å². The first-order chi connectivity index (χ1) is 6.95. The molecule has 0 unspecified atom stereocenters. The Hall–Kier alpha value is -0.380. The van der Waals surface area contributed by atoms with Crippen LogP contribution in [0, 0.1) is 5.92 Å². The molecule has 0 radical (unpaired) electrons. The maximum Gasteiger partial charge on any atom is 0.249 e. The van der Waals surface area contributed by atoms with Crippen LogP contribution in [0.2, 0.25) is 0 Å². The molecule has 1 atom stereocenters. The standard InChI is InChI=1S/C10H16ClF2NO/c1-10(12,13)8-3-2-6-14(7-8)9(15)4-5-11/h8H,2-7H2,1H3/t8-/m0/s1. The highest BCUT2D eigenvalue weighted by atomic mass is 35.5. The number of hydrogen-bond acceptors (Lipinski definition) is 1. The molecule has 1 heterocycles. The second-order valence-corrected chi connectivity index (χ2v) is 4.45. The molecule has 0 saturated carbocycles. The van der Waals surface area contributed by atoms with Gasteiger partial charge < -0.3 is 4.90 Å². The third-order valence-corrected chi connectivity index (χ3v) is 2.99. The highest BCUT2D eigenvalue weighted by Gasteiger charge is 2.37. The SMILES string of the molecule is CC(F)(F)[C@H]1CCCN(C(=O)CCCl)C1. The summed E-state index contributed by atoms with van der Waals surface area (Å²) < 4.78 is 26.1. The van der Waals surface area contributed by atoms with E-state index in [4.69, 9.17) is 11.6 Å². The fourth-order valence-electron chi connectivity index (χ4n) is 1.86. The molecule has 5 heteroatoms. The first-order valence-electron chi connectivity index (χ1n) is 5.16. The van der Waals surface area contributed by atoms with E-state index >= 15 is 0 Å². The van der Waals surface area contributed by atoms with Crippen LogP contribution in [0.5, 0.6) is 0 Å². The summed E-state index contributed by atoms with van der Waals surface area (Å²) in [5.74, 6) is -3.26. The fourth-order valence-corrected chi connectivity index (χ4v) is 2.02. The summed E-state index contributed by atoms with van der Waals surface area (Å²) in [7, 11) is 0. The number of rotatable bonds is 3. The second-order valence-electron chi connectivity index (χ2n) is 4.07. The quantitative estimate of drug-likeness (QED) is 0.693. The molecule has 0 spiro atoms. The Kier molecular flexibility index (Phi) is 4.32. The van der Waals surface area contributed by atoms with Crippen molar-refractivity contribution in [3.63, 3.8) is 0 Å². The van der Waals surface area contributed by atoms with Crippen LogP contribution in [0.15, 0.2) is 0 Å². The van der Waals surface area contributed by atoms with E-state index in [2.05, 4.69) is 0 Å². The van der Waals surface area contributed by atoms with Crippen LogP contribution in [0.25, 0.3) is 0 Å². The maximum absolute atomic E-state index is 13.1. The van der Waals surface area contributed by atoms with Crippen molar-refractivity contribution in [1.82, 2.24) is 4.90 Å². The van der Waals surface area contributed by atoms with Gasteiger partial charge in [-0.1, -0.05) is 0 Å². The van der Waals surface area contributed by atoms with Crippen molar-refractivity contribution in [2.24, 2.45) is 5.92 Å².